The lowest BCUT2D eigenvalue weighted by molar-refractivity contribution is 0.628. The Balaban J connectivity index is 1.35. The SMILES string of the molecule is Cc1cc(-c2ccc(CNc3nccc4cc(-c5cccc(F)c5)ncc34)cn2)ccn1. The van der Waals surface area contributed by atoms with Crippen molar-refractivity contribution in [3.8, 4) is 22.5 Å². The molecule has 0 amide bonds. The predicted octanol–water partition coefficient (Wildman–Crippen LogP) is 5.81. The molecule has 1 aromatic carbocycles. The molecule has 0 atom stereocenters. The number of halogens is 1. The van der Waals surface area contributed by atoms with E-state index in [0.717, 1.165) is 50.4 Å². The number of pyridine rings is 4. The van der Waals surface area contributed by atoms with Crippen molar-refractivity contribution >= 4 is 16.6 Å². The van der Waals surface area contributed by atoms with Crippen molar-refractivity contribution < 1.29 is 4.39 Å². The highest BCUT2D eigenvalue weighted by Gasteiger charge is 2.07. The second-order valence-corrected chi connectivity index (χ2v) is 7.55. The van der Waals surface area contributed by atoms with Crippen molar-refractivity contribution in [1.82, 2.24) is 19.9 Å². The number of aryl methyl sites for hydroxylation is 1. The highest BCUT2D eigenvalue weighted by Crippen LogP contribution is 2.26. The van der Waals surface area contributed by atoms with Gasteiger partial charge in [0.2, 0.25) is 0 Å². The van der Waals surface area contributed by atoms with Gasteiger partial charge in [0.15, 0.2) is 0 Å². The quantitative estimate of drug-likeness (QED) is 0.388. The minimum Gasteiger partial charge on any atom is -0.365 e. The average Bonchev–Trinajstić information content (AvgIpc) is 2.82. The van der Waals surface area contributed by atoms with Crippen LogP contribution in [-0.4, -0.2) is 19.9 Å². The number of aromatic nitrogens is 4. The lowest BCUT2D eigenvalue weighted by Crippen LogP contribution is -2.03. The second kappa shape index (κ2) is 8.51. The van der Waals surface area contributed by atoms with E-state index in [4.69, 9.17) is 0 Å². The summed E-state index contributed by atoms with van der Waals surface area (Å²) in [6.07, 6.45) is 7.19. The Kier molecular flexibility index (Phi) is 5.25. The lowest BCUT2D eigenvalue weighted by atomic mass is 10.1. The summed E-state index contributed by atoms with van der Waals surface area (Å²) < 4.78 is 13.6. The first-order chi connectivity index (χ1) is 15.7. The van der Waals surface area contributed by atoms with Gasteiger partial charge in [0.1, 0.15) is 11.6 Å². The first-order valence-electron chi connectivity index (χ1n) is 10.3. The molecule has 0 unspecified atom stereocenters. The van der Waals surface area contributed by atoms with Crippen LogP contribution in [0.1, 0.15) is 11.3 Å². The molecule has 0 aliphatic heterocycles. The third kappa shape index (κ3) is 4.16. The van der Waals surface area contributed by atoms with Gasteiger partial charge in [-0.25, -0.2) is 9.37 Å². The smallest absolute Gasteiger partial charge is 0.135 e. The van der Waals surface area contributed by atoms with Gasteiger partial charge in [0.25, 0.3) is 0 Å². The van der Waals surface area contributed by atoms with Crippen LogP contribution >= 0.6 is 0 Å². The predicted molar refractivity (Wildman–Crippen MR) is 124 cm³/mol. The average molecular weight is 421 g/mol. The van der Waals surface area contributed by atoms with E-state index in [9.17, 15) is 4.39 Å². The van der Waals surface area contributed by atoms with Gasteiger partial charge in [-0.15, -0.1) is 0 Å². The molecule has 0 saturated heterocycles. The number of hydrogen-bond donors (Lipinski definition) is 1. The Morgan fingerprint density at radius 1 is 0.781 bits per heavy atom. The summed E-state index contributed by atoms with van der Waals surface area (Å²) in [5, 5.41) is 5.27. The number of fused-ring (bicyclic) bond motifs is 1. The molecule has 0 fully saturated rings. The first-order valence-corrected chi connectivity index (χ1v) is 10.3. The molecule has 32 heavy (non-hydrogen) atoms. The molecule has 0 aliphatic rings. The van der Waals surface area contributed by atoms with Gasteiger partial charge in [-0.1, -0.05) is 18.2 Å². The van der Waals surface area contributed by atoms with Gasteiger partial charge in [-0.2, -0.15) is 0 Å². The largest absolute Gasteiger partial charge is 0.365 e. The van der Waals surface area contributed by atoms with Crippen molar-refractivity contribution in [3.63, 3.8) is 0 Å². The van der Waals surface area contributed by atoms with E-state index < -0.39 is 0 Å². The van der Waals surface area contributed by atoms with E-state index in [1.54, 1.807) is 24.7 Å². The Bertz CT molecular complexity index is 1400. The summed E-state index contributed by atoms with van der Waals surface area (Å²) in [7, 11) is 0. The molecule has 5 aromatic rings. The van der Waals surface area contributed by atoms with Crippen molar-refractivity contribution in [2.24, 2.45) is 0 Å². The number of hydrogen-bond acceptors (Lipinski definition) is 5. The number of anilines is 1. The molecular formula is C26H20FN5. The molecule has 4 heterocycles. The maximum absolute atomic E-state index is 13.6. The van der Waals surface area contributed by atoms with Gasteiger partial charge < -0.3 is 5.32 Å². The van der Waals surface area contributed by atoms with Crippen molar-refractivity contribution in [2.75, 3.05) is 5.32 Å². The molecule has 4 aromatic heterocycles. The maximum atomic E-state index is 13.6. The number of benzene rings is 1. The van der Waals surface area contributed by atoms with Gasteiger partial charge in [-0.3, -0.25) is 15.0 Å². The van der Waals surface area contributed by atoms with E-state index in [1.807, 2.05) is 49.5 Å². The van der Waals surface area contributed by atoms with Crippen LogP contribution < -0.4 is 5.32 Å². The van der Waals surface area contributed by atoms with Crippen LogP contribution in [0.5, 0.6) is 0 Å². The zero-order valence-corrected chi connectivity index (χ0v) is 17.5. The van der Waals surface area contributed by atoms with Crippen LogP contribution in [0.3, 0.4) is 0 Å². The third-order valence-electron chi connectivity index (χ3n) is 5.25. The monoisotopic (exact) mass is 421 g/mol. The van der Waals surface area contributed by atoms with Crippen LogP contribution in [0.15, 0.2) is 85.5 Å². The van der Waals surface area contributed by atoms with E-state index in [1.165, 1.54) is 12.1 Å². The van der Waals surface area contributed by atoms with Gasteiger partial charge in [0.05, 0.1) is 11.4 Å². The summed E-state index contributed by atoms with van der Waals surface area (Å²) >= 11 is 0. The highest BCUT2D eigenvalue weighted by molar-refractivity contribution is 5.93. The number of rotatable bonds is 5. The minimum absolute atomic E-state index is 0.278. The topological polar surface area (TPSA) is 63.6 Å². The summed E-state index contributed by atoms with van der Waals surface area (Å²) in [5.41, 5.74) is 5.44. The highest BCUT2D eigenvalue weighted by atomic mass is 19.1. The number of nitrogens with one attached hydrogen (secondary N) is 1. The standard InChI is InChI=1S/C26H20FN5/c1-17-11-21(8-9-28-17)24-6-5-18(14-30-24)15-32-26-23-16-31-25(13-19(23)7-10-29-26)20-3-2-4-22(27)12-20/h2-14,16H,15H2,1H3,(H,29,32). The van der Waals surface area contributed by atoms with Crippen LogP contribution in [0.4, 0.5) is 10.2 Å². The molecule has 0 aliphatic carbocycles. The zero-order chi connectivity index (χ0) is 21.9. The van der Waals surface area contributed by atoms with Crippen molar-refractivity contribution in [1.29, 1.82) is 0 Å². The van der Waals surface area contributed by atoms with Gasteiger partial charge in [-0.05, 0) is 60.3 Å². The fraction of sp³-hybridized carbons (Fsp3) is 0.0769. The van der Waals surface area contributed by atoms with E-state index >= 15 is 0 Å². The summed E-state index contributed by atoms with van der Waals surface area (Å²) in [6, 6.07) is 18.4. The summed E-state index contributed by atoms with van der Waals surface area (Å²) in [4.78, 5) is 17.8. The van der Waals surface area contributed by atoms with Crippen LogP contribution in [0, 0.1) is 12.7 Å². The molecule has 1 N–H and O–H groups in total. The molecule has 156 valence electrons. The van der Waals surface area contributed by atoms with E-state index in [2.05, 4.69) is 31.3 Å². The summed E-state index contributed by atoms with van der Waals surface area (Å²) in [6.45, 7) is 2.55. The Hall–Kier alpha value is -4.19. The van der Waals surface area contributed by atoms with Crippen molar-refractivity contribution in [3.05, 3.63) is 103 Å². The van der Waals surface area contributed by atoms with E-state index in [0.29, 0.717) is 6.54 Å². The van der Waals surface area contributed by atoms with Crippen LogP contribution in [-0.2, 0) is 6.54 Å². The Labute approximate surface area is 185 Å². The zero-order valence-electron chi connectivity index (χ0n) is 17.5. The maximum Gasteiger partial charge on any atom is 0.135 e. The molecular weight excluding hydrogens is 401 g/mol. The normalized spacial score (nSPS) is 10.9. The third-order valence-corrected chi connectivity index (χ3v) is 5.25. The molecule has 0 bridgehead atoms. The molecule has 0 saturated carbocycles. The Morgan fingerprint density at radius 3 is 2.44 bits per heavy atom. The minimum atomic E-state index is -0.278. The van der Waals surface area contributed by atoms with Crippen LogP contribution in [0.25, 0.3) is 33.3 Å². The molecule has 5 rings (SSSR count). The van der Waals surface area contributed by atoms with Crippen molar-refractivity contribution in [2.45, 2.75) is 13.5 Å². The second-order valence-electron chi connectivity index (χ2n) is 7.55. The van der Waals surface area contributed by atoms with Crippen LogP contribution in [0.2, 0.25) is 0 Å². The summed E-state index contributed by atoms with van der Waals surface area (Å²) in [5.74, 6) is 0.467. The molecule has 0 radical (unpaired) electrons. The first kappa shape index (κ1) is 19.8. The fourth-order valence-electron chi connectivity index (χ4n) is 3.61. The van der Waals surface area contributed by atoms with E-state index in [-0.39, 0.29) is 5.82 Å². The molecule has 5 nitrogen and oxygen atoms in total. The van der Waals surface area contributed by atoms with Gasteiger partial charge in [0, 0.05) is 53.5 Å². The number of nitrogens with zero attached hydrogens (tertiary/aromatic N) is 4. The Morgan fingerprint density at radius 2 is 1.62 bits per heavy atom. The lowest BCUT2D eigenvalue weighted by Gasteiger charge is -2.10. The molecule has 0 spiro atoms. The van der Waals surface area contributed by atoms with Gasteiger partial charge >= 0.3 is 0 Å². The molecule has 6 heteroatoms. The fourth-order valence-corrected chi connectivity index (χ4v) is 3.61.